The molecule has 0 saturated carbocycles. The number of esters is 4. The molecular formula is C91H142O17P2. The summed E-state index contributed by atoms with van der Waals surface area (Å²) < 4.78 is 68.5. The van der Waals surface area contributed by atoms with Crippen LogP contribution in [0.25, 0.3) is 0 Å². The number of hydrogen-bond acceptors (Lipinski definition) is 15. The van der Waals surface area contributed by atoms with E-state index in [9.17, 15) is 43.2 Å². The largest absolute Gasteiger partial charge is 0.472 e. The summed E-state index contributed by atoms with van der Waals surface area (Å²) in [4.78, 5) is 73.1. The Labute approximate surface area is 664 Å². The van der Waals surface area contributed by atoms with Gasteiger partial charge < -0.3 is 33.8 Å². The van der Waals surface area contributed by atoms with E-state index in [1.165, 1.54) is 19.3 Å². The first-order chi connectivity index (χ1) is 53.7. The van der Waals surface area contributed by atoms with Gasteiger partial charge in [-0.25, -0.2) is 9.13 Å². The number of allylic oxidation sites excluding steroid dienone is 36. The number of hydrogen-bond donors (Lipinski definition) is 3. The van der Waals surface area contributed by atoms with E-state index < -0.39 is 97.5 Å². The van der Waals surface area contributed by atoms with Crippen molar-refractivity contribution in [2.24, 2.45) is 0 Å². The number of aliphatic hydroxyl groups is 1. The van der Waals surface area contributed by atoms with Crippen LogP contribution in [0.15, 0.2) is 219 Å². The summed E-state index contributed by atoms with van der Waals surface area (Å²) in [6.07, 6.45) is 102. The van der Waals surface area contributed by atoms with Gasteiger partial charge in [0.2, 0.25) is 0 Å². The number of aliphatic hydroxyl groups excluding tert-OH is 1. The molecule has 0 spiro atoms. The fourth-order valence-electron chi connectivity index (χ4n) is 9.81. The highest BCUT2D eigenvalue weighted by molar-refractivity contribution is 7.47. The minimum Gasteiger partial charge on any atom is -0.462 e. The Morgan fingerprint density at radius 3 is 0.827 bits per heavy atom. The van der Waals surface area contributed by atoms with E-state index in [1.807, 2.05) is 36.5 Å². The number of unbranched alkanes of at least 4 members (excludes halogenated alkanes) is 12. The molecule has 618 valence electrons. The SMILES string of the molecule is CC/C=C\C/C=C\C/C=C\C/C=C\C/C=C\C/C=C\CCC(=O)OCC(COP(=O)(O)OCC(O)COP(=O)(O)OCC(COC(=O)CCC/C=C\C/C=C\C/C=C\C/C=C\C/C=C\CC)OC(=O)CCCC/C=C\C/C=C\C/C=C\C/C=C\CC)OC(=O)CCCCCCCC/C=C\C/C=C\C/C=C\CCCCC. The quantitative estimate of drug-likeness (QED) is 0.0169. The molecule has 0 aliphatic carbocycles. The molecule has 0 amide bonds. The maximum absolute atomic E-state index is 13.1. The summed E-state index contributed by atoms with van der Waals surface area (Å²) in [6, 6.07) is 0. The molecular weight excluding hydrogens is 1430 g/mol. The molecule has 0 aliphatic rings. The van der Waals surface area contributed by atoms with Crippen LogP contribution in [0.4, 0.5) is 0 Å². The van der Waals surface area contributed by atoms with Crippen molar-refractivity contribution in [3.8, 4) is 0 Å². The highest BCUT2D eigenvalue weighted by atomic mass is 31.2. The predicted molar refractivity (Wildman–Crippen MR) is 454 cm³/mol. The topological polar surface area (TPSA) is 237 Å². The van der Waals surface area contributed by atoms with Crippen LogP contribution in [0.2, 0.25) is 0 Å². The lowest BCUT2D eigenvalue weighted by Crippen LogP contribution is -2.30. The van der Waals surface area contributed by atoms with Gasteiger partial charge in [-0.05, 0) is 180 Å². The molecule has 19 heteroatoms. The lowest BCUT2D eigenvalue weighted by molar-refractivity contribution is -0.161. The molecule has 0 heterocycles. The van der Waals surface area contributed by atoms with Crippen molar-refractivity contribution >= 4 is 39.5 Å². The first kappa shape index (κ1) is 103. The number of rotatable bonds is 74. The lowest BCUT2D eigenvalue weighted by atomic mass is 10.1. The molecule has 110 heavy (non-hydrogen) atoms. The summed E-state index contributed by atoms with van der Waals surface area (Å²) in [5.74, 6) is -2.43. The van der Waals surface area contributed by atoms with Crippen LogP contribution in [0.3, 0.4) is 0 Å². The Morgan fingerprint density at radius 2 is 0.500 bits per heavy atom. The second-order valence-electron chi connectivity index (χ2n) is 26.2. The fourth-order valence-corrected chi connectivity index (χ4v) is 11.4. The van der Waals surface area contributed by atoms with Gasteiger partial charge in [0.15, 0.2) is 12.2 Å². The number of phosphoric ester groups is 2. The summed E-state index contributed by atoms with van der Waals surface area (Å²) in [5, 5.41) is 10.7. The Bertz CT molecular complexity index is 2950. The van der Waals surface area contributed by atoms with Crippen LogP contribution in [-0.2, 0) is 65.4 Å². The summed E-state index contributed by atoms with van der Waals surface area (Å²) in [7, 11) is -10.0. The minimum absolute atomic E-state index is 0.0189. The summed E-state index contributed by atoms with van der Waals surface area (Å²) >= 11 is 0. The molecule has 0 aliphatic heterocycles. The smallest absolute Gasteiger partial charge is 0.462 e. The summed E-state index contributed by atoms with van der Waals surface area (Å²) in [6.45, 7) is 4.25. The average molecular weight is 1570 g/mol. The zero-order valence-corrected chi connectivity index (χ0v) is 69.4. The number of carbonyl (C=O) groups is 4. The van der Waals surface area contributed by atoms with Crippen LogP contribution in [-0.4, -0.2) is 96.7 Å². The van der Waals surface area contributed by atoms with Crippen LogP contribution >= 0.6 is 15.6 Å². The average Bonchev–Trinajstić information content (AvgIpc) is 0.900. The first-order valence-electron chi connectivity index (χ1n) is 41.0. The third-order valence-electron chi connectivity index (χ3n) is 15.9. The molecule has 3 N–H and O–H groups in total. The second-order valence-corrected chi connectivity index (χ2v) is 29.1. The van der Waals surface area contributed by atoms with Gasteiger partial charge in [0.1, 0.15) is 19.3 Å². The molecule has 0 aromatic carbocycles. The fraction of sp³-hybridized carbons (Fsp3) is 0.560. The first-order valence-corrected chi connectivity index (χ1v) is 44.0. The molecule has 0 saturated heterocycles. The van der Waals surface area contributed by atoms with Crippen molar-refractivity contribution in [2.75, 3.05) is 39.6 Å². The number of carbonyl (C=O) groups excluding carboxylic acids is 4. The highest BCUT2D eigenvalue weighted by Gasteiger charge is 2.30. The maximum Gasteiger partial charge on any atom is 0.472 e. The van der Waals surface area contributed by atoms with E-state index >= 15 is 0 Å². The van der Waals surface area contributed by atoms with Crippen molar-refractivity contribution in [1.82, 2.24) is 0 Å². The zero-order valence-electron chi connectivity index (χ0n) is 67.6. The van der Waals surface area contributed by atoms with E-state index in [0.717, 1.165) is 154 Å². The van der Waals surface area contributed by atoms with Crippen molar-refractivity contribution in [3.63, 3.8) is 0 Å². The Hall–Kier alpha value is -6.62. The van der Waals surface area contributed by atoms with E-state index in [0.29, 0.717) is 44.9 Å². The van der Waals surface area contributed by atoms with E-state index in [2.05, 4.69) is 210 Å². The molecule has 0 fully saturated rings. The second kappa shape index (κ2) is 80.4. The molecule has 0 rings (SSSR count). The van der Waals surface area contributed by atoms with Gasteiger partial charge in [0.05, 0.1) is 26.4 Å². The Morgan fingerprint density at radius 1 is 0.264 bits per heavy atom. The third kappa shape index (κ3) is 79.5. The van der Waals surface area contributed by atoms with Gasteiger partial charge in [-0.3, -0.25) is 37.3 Å². The van der Waals surface area contributed by atoms with Gasteiger partial charge in [-0.2, -0.15) is 0 Å². The van der Waals surface area contributed by atoms with E-state index in [4.69, 9.17) is 37.0 Å². The molecule has 17 nitrogen and oxygen atoms in total. The normalized spacial score (nSPS) is 14.9. The molecule has 0 aromatic heterocycles. The zero-order chi connectivity index (χ0) is 80.3. The van der Waals surface area contributed by atoms with Gasteiger partial charge in [0.25, 0.3) is 0 Å². The highest BCUT2D eigenvalue weighted by Crippen LogP contribution is 2.45. The monoisotopic (exact) mass is 1570 g/mol. The van der Waals surface area contributed by atoms with Crippen LogP contribution in [0, 0.1) is 0 Å². The van der Waals surface area contributed by atoms with Gasteiger partial charge in [-0.15, -0.1) is 0 Å². The van der Waals surface area contributed by atoms with Crippen molar-refractivity contribution in [2.45, 2.75) is 290 Å². The molecule has 0 bridgehead atoms. The van der Waals surface area contributed by atoms with Gasteiger partial charge in [-0.1, -0.05) is 285 Å². The predicted octanol–water partition coefficient (Wildman–Crippen LogP) is 24.4. The van der Waals surface area contributed by atoms with Crippen LogP contribution in [0.1, 0.15) is 272 Å². The van der Waals surface area contributed by atoms with Crippen LogP contribution in [0.5, 0.6) is 0 Å². The third-order valence-corrected chi connectivity index (χ3v) is 17.8. The van der Waals surface area contributed by atoms with Crippen molar-refractivity contribution in [1.29, 1.82) is 0 Å². The maximum atomic E-state index is 13.1. The lowest BCUT2D eigenvalue weighted by Gasteiger charge is -2.21. The Balaban J connectivity index is 5.57. The molecule has 5 atom stereocenters. The van der Waals surface area contributed by atoms with Crippen molar-refractivity contribution < 1.29 is 80.2 Å². The standard InChI is InChI=1S/C91H142O17P2/c1-5-9-13-17-21-25-29-33-37-40-42-45-49-52-56-60-64-68-72-76-89(94)102-82-87(108-91(96)78-74-70-66-62-58-54-50-46-43-41-38-34-30-26-22-18-14-10-6-2)84-106-110(99,100)104-80-85(92)79-103-109(97,98)105-83-86(107-90(95)77-73-69-65-61-57-53-47-36-32-28-24-20-16-12-8-4)81-101-88(93)75-71-67-63-59-55-51-48-44-39-35-31-27-23-19-15-11-7-3/h9,11-13,15-16,21-28,33-39,42-43,45-48,51-52,56-57,59,61,63-64,68,85-87,92H,5-8,10,14,17-20,29-32,40-41,44,49-50,53-55,58,60,62,65-67,69-84H2,1-4H3,(H,97,98)(H,99,100)/b13-9-,15-11-,16-12-,25-21-,26-22-,27-23-,28-24-,37-33-,38-34-,39-35-,45-42-,46-43-,47-36-,51-48-,56-52-,61-57-,63-59-,68-64-. The number of phosphoric acid groups is 2. The molecule has 0 aromatic rings. The van der Waals surface area contributed by atoms with Gasteiger partial charge >= 0.3 is 39.5 Å². The molecule has 5 unspecified atom stereocenters. The van der Waals surface area contributed by atoms with E-state index in [-0.39, 0.29) is 25.7 Å². The van der Waals surface area contributed by atoms with Crippen LogP contribution < -0.4 is 0 Å². The number of ether oxygens (including phenoxy) is 4. The van der Waals surface area contributed by atoms with Crippen molar-refractivity contribution in [3.05, 3.63) is 219 Å². The summed E-state index contributed by atoms with van der Waals surface area (Å²) in [5.41, 5.74) is 0. The van der Waals surface area contributed by atoms with Gasteiger partial charge in [0, 0.05) is 25.7 Å². The van der Waals surface area contributed by atoms with E-state index in [1.54, 1.807) is 0 Å². The molecule has 0 radical (unpaired) electrons. The minimum atomic E-state index is -5.02. The Kier molecular flexibility index (Phi) is 75.6.